The molecule has 0 saturated heterocycles. The number of fused-ring (bicyclic) bond motifs is 1. The Morgan fingerprint density at radius 1 is 1.64 bits per heavy atom. The third kappa shape index (κ3) is 1.15. The minimum absolute atomic E-state index is 0.0525. The number of ether oxygens (including phenoxy) is 1. The molecule has 7 heteroatoms. The number of hydrogen-bond donors (Lipinski definition) is 1. The maximum atomic E-state index is 11.2. The van der Waals surface area contributed by atoms with Gasteiger partial charge in [0.05, 0.1) is 7.11 Å². The molecule has 0 aromatic carbocycles. The van der Waals surface area contributed by atoms with Crippen molar-refractivity contribution in [3.63, 3.8) is 0 Å². The van der Waals surface area contributed by atoms with Gasteiger partial charge in [0.2, 0.25) is 5.82 Å². The molecule has 0 aliphatic heterocycles. The molecule has 0 aliphatic rings. The lowest BCUT2D eigenvalue weighted by molar-refractivity contribution is 0.0587. The van der Waals surface area contributed by atoms with E-state index in [9.17, 15) is 9.59 Å². The van der Waals surface area contributed by atoms with Gasteiger partial charge in [-0.1, -0.05) is 0 Å². The Morgan fingerprint density at radius 3 is 3.07 bits per heavy atom. The second-order valence-electron chi connectivity index (χ2n) is 2.48. The van der Waals surface area contributed by atoms with Gasteiger partial charge in [0, 0.05) is 12.3 Å². The SMILES string of the molecule is COC(=O)c1nc2nccc(=O)n2[nH]1. The van der Waals surface area contributed by atoms with E-state index in [4.69, 9.17) is 0 Å². The normalized spacial score (nSPS) is 10.4. The van der Waals surface area contributed by atoms with Crippen molar-refractivity contribution in [2.45, 2.75) is 0 Å². The van der Waals surface area contributed by atoms with Gasteiger partial charge < -0.3 is 4.74 Å². The molecular formula is C7H6N4O3. The highest BCUT2D eigenvalue weighted by Gasteiger charge is 2.12. The van der Waals surface area contributed by atoms with E-state index in [1.54, 1.807) is 0 Å². The highest BCUT2D eigenvalue weighted by Crippen LogP contribution is 1.95. The lowest BCUT2D eigenvalue weighted by Gasteiger charge is -1.89. The first-order chi connectivity index (χ1) is 6.72. The molecular weight excluding hydrogens is 188 g/mol. The maximum absolute atomic E-state index is 11.2. The summed E-state index contributed by atoms with van der Waals surface area (Å²) in [7, 11) is 1.23. The Labute approximate surface area is 77.3 Å². The van der Waals surface area contributed by atoms with Gasteiger partial charge in [-0.25, -0.2) is 9.78 Å². The van der Waals surface area contributed by atoms with Crippen LogP contribution in [0, 0.1) is 0 Å². The molecule has 0 bridgehead atoms. The first-order valence-electron chi connectivity index (χ1n) is 3.74. The molecule has 1 N–H and O–H groups in total. The minimum atomic E-state index is -0.644. The van der Waals surface area contributed by atoms with Crippen LogP contribution in [0.4, 0.5) is 0 Å². The summed E-state index contributed by atoms with van der Waals surface area (Å²) in [5, 5.41) is 2.47. The Kier molecular flexibility index (Phi) is 1.77. The number of carbonyl (C=O) groups is 1. The lowest BCUT2D eigenvalue weighted by atomic mass is 10.6. The van der Waals surface area contributed by atoms with E-state index >= 15 is 0 Å². The van der Waals surface area contributed by atoms with Crippen LogP contribution in [-0.4, -0.2) is 32.7 Å². The molecule has 0 unspecified atom stereocenters. The number of rotatable bonds is 1. The number of esters is 1. The fraction of sp³-hybridized carbons (Fsp3) is 0.143. The number of aromatic nitrogens is 4. The van der Waals surface area contributed by atoms with Crippen molar-refractivity contribution in [2.75, 3.05) is 7.11 Å². The van der Waals surface area contributed by atoms with Gasteiger partial charge in [-0.2, -0.15) is 9.50 Å². The number of methoxy groups -OCH3 is 1. The van der Waals surface area contributed by atoms with Crippen molar-refractivity contribution in [1.82, 2.24) is 19.6 Å². The van der Waals surface area contributed by atoms with Crippen molar-refractivity contribution < 1.29 is 9.53 Å². The topological polar surface area (TPSA) is 89.3 Å². The second-order valence-corrected chi connectivity index (χ2v) is 2.48. The van der Waals surface area contributed by atoms with Gasteiger partial charge in [-0.05, 0) is 0 Å². The summed E-state index contributed by atoms with van der Waals surface area (Å²) in [6.07, 6.45) is 1.32. The lowest BCUT2D eigenvalue weighted by Crippen LogP contribution is -2.13. The highest BCUT2D eigenvalue weighted by molar-refractivity contribution is 5.85. The van der Waals surface area contributed by atoms with E-state index < -0.39 is 5.97 Å². The number of nitrogens with zero attached hydrogens (tertiary/aromatic N) is 3. The van der Waals surface area contributed by atoms with E-state index in [2.05, 4.69) is 19.8 Å². The van der Waals surface area contributed by atoms with Gasteiger partial charge in [-0.15, -0.1) is 0 Å². The van der Waals surface area contributed by atoms with Crippen LogP contribution >= 0.6 is 0 Å². The van der Waals surface area contributed by atoms with Crippen LogP contribution in [-0.2, 0) is 4.74 Å². The average molecular weight is 194 g/mol. The number of carbonyl (C=O) groups excluding carboxylic acids is 1. The molecule has 72 valence electrons. The zero-order valence-electron chi connectivity index (χ0n) is 7.22. The van der Waals surface area contributed by atoms with Crippen LogP contribution in [0.5, 0.6) is 0 Å². The van der Waals surface area contributed by atoms with Crippen molar-refractivity contribution in [2.24, 2.45) is 0 Å². The van der Waals surface area contributed by atoms with Gasteiger partial charge >= 0.3 is 5.97 Å². The zero-order chi connectivity index (χ0) is 10.1. The standard InChI is InChI=1S/C7H6N4O3/c1-14-6(13)5-9-7-8-3-2-4(12)11(7)10-5/h2-3H,1H3,(H,8,9,10). The molecule has 2 heterocycles. The van der Waals surface area contributed by atoms with Crippen molar-refractivity contribution >= 4 is 11.7 Å². The van der Waals surface area contributed by atoms with E-state index in [-0.39, 0.29) is 17.2 Å². The number of nitrogens with one attached hydrogen (secondary N) is 1. The van der Waals surface area contributed by atoms with Gasteiger partial charge in [0.25, 0.3) is 11.3 Å². The molecule has 2 rings (SSSR count). The van der Waals surface area contributed by atoms with E-state index in [0.717, 1.165) is 4.52 Å². The van der Waals surface area contributed by atoms with E-state index in [1.807, 2.05) is 0 Å². The quantitative estimate of drug-likeness (QED) is 0.600. The summed E-state index contributed by atoms with van der Waals surface area (Å²) < 4.78 is 5.49. The summed E-state index contributed by atoms with van der Waals surface area (Å²) in [6.45, 7) is 0. The third-order valence-electron chi connectivity index (χ3n) is 1.64. The number of H-pyrrole nitrogens is 1. The van der Waals surface area contributed by atoms with Crippen molar-refractivity contribution in [1.29, 1.82) is 0 Å². The largest absolute Gasteiger partial charge is 0.463 e. The fourth-order valence-corrected chi connectivity index (χ4v) is 1.00. The molecule has 0 fully saturated rings. The van der Waals surface area contributed by atoms with Crippen LogP contribution in [0.3, 0.4) is 0 Å². The first kappa shape index (κ1) is 8.42. The van der Waals surface area contributed by atoms with Crippen molar-refractivity contribution in [3.8, 4) is 0 Å². The molecule has 14 heavy (non-hydrogen) atoms. The van der Waals surface area contributed by atoms with Gasteiger partial charge in [0.1, 0.15) is 0 Å². The Morgan fingerprint density at radius 2 is 2.43 bits per heavy atom. The minimum Gasteiger partial charge on any atom is -0.463 e. The summed E-state index contributed by atoms with van der Waals surface area (Å²) in [5.41, 5.74) is -0.336. The molecule has 2 aromatic heterocycles. The van der Waals surface area contributed by atoms with Crippen molar-refractivity contribution in [3.05, 3.63) is 28.4 Å². The molecule has 0 saturated carbocycles. The Bertz CT molecular complexity index is 541. The average Bonchev–Trinajstić information content (AvgIpc) is 2.62. The zero-order valence-corrected chi connectivity index (χ0v) is 7.22. The van der Waals surface area contributed by atoms with Crippen LogP contribution in [0.25, 0.3) is 5.78 Å². The Balaban J connectivity index is 2.68. The van der Waals surface area contributed by atoms with Crippen LogP contribution in [0.2, 0.25) is 0 Å². The molecule has 2 aromatic rings. The third-order valence-corrected chi connectivity index (χ3v) is 1.64. The fourth-order valence-electron chi connectivity index (χ4n) is 1.00. The summed E-state index contributed by atoms with van der Waals surface area (Å²) >= 11 is 0. The van der Waals surface area contributed by atoms with Crippen LogP contribution in [0.15, 0.2) is 17.1 Å². The summed E-state index contributed by atoms with van der Waals surface area (Å²) in [6, 6.07) is 1.26. The smallest absolute Gasteiger partial charge is 0.375 e. The predicted molar refractivity (Wildman–Crippen MR) is 44.9 cm³/mol. The summed E-state index contributed by atoms with van der Waals surface area (Å²) in [5.74, 6) is -0.559. The maximum Gasteiger partial charge on any atom is 0.375 e. The van der Waals surface area contributed by atoms with Crippen LogP contribution < -0.4 is 5.56 Å². The molecule has 0 spiro atoms. The Hall–Kier alpha value is -2.18. The molecule has 0 amide bonds. The second kappa shape index (κ2) is 2.95. The first-order valence-corrected chi connectivity index (χ1v) is 3.74. The summed E-state index contributed by atoms with van der Waals surface area (Å²) in [4.78, 5) is 29.8. The van der Waals surface area contributed by atoms with Crippen LogP contribution in [0.1, 0.15) is 10.6 Å². The van der Waals surface area contributed by atoms with Gasteiger partial charge in [0.15, 0.2) is 0 Å². The molecule has 0 atom stereocenters. The molecule has 0 aliphatic carbocycles. The van der Waals surface area contributed by atoms with Gasteiger partial charge in [-0.3, -0.25) is 9.89 Å². The molecule has 7 nitrogen and oxygen atoms in total. The predicted octanol–water partition coefficient (Wildman–Crippen LogP) is -0.796. The van der Waals surface area contributed by atoms with E-state index in [0.29, 0.717) is 0 Å². The number of hydrogen-bond acceptors (Lipinski definition) is 5. The molecule has 0 radical (unpaired) electrons. The monoisotopic (exact) mass is 194 g/mol. The van der Waals surface area contributed by atoms with E-state index in [1.165, 1.54) is 19.4 Å². The number of aromatic amines is 1. The highest BCUT2D eigenvalue weighted by atomic mass is 16.5.